The van der Waals surface area contributed by atoms with Crippen LogP contribution in [0.4, 0.5) is 0 Å². The number of likely N-dealkylation sites (N-methyl/N-ethyl adjacent to an activating group) is 1. The molecule has 2 aliphatic rings. The highest BCUT2D eigenvalue weighted by molar-refractivity contribution is 5.81. The van der Waals surface area contributed by atoms with E-state index in [-0.39, 0.29) is 34.6 Å². The average molecular weight is 399 g/mol. The summed E-state index contributed by atoms with van der Waals surface area (Å²) < 4.78 is 0. The first kappa shape index (κ1) is 22.0. The van der Waals surface area contributed by atoms with Gasteiger partial charge in [-0.25, -0.2) is 0 Å². The van der Waals surface area contributed by atoms with Crippen molar-refractivity contribution < 1.29 is 9.59 Å². The smallest absolute Gasteiger partial charge is 0.220 e. The first-order chi connectivity index (χ1) is 13.6. The number of hydrogen-bond donors (Lipinski definition) is 1. The SMILES string of the molecule is CC(=O)C1CC(CC(=O)NC2CCC(Cc3ccccc3)(N(C)C)CC2)C1(C)C. The highest BCUT2D eigenvalue weighted by Gasteiger charge is 2.50. The Morgan fingerprint density at radius 3 is 2.24 bits per heavy atom. The van der Waals surface area contributed by atoms with E-state index in [1.165, 1.54) is 5.56 Å². The molecular weight excluding hydrogens is 360 g/mol. The molecule has 0 spiro atoms. The van der Waals surface area contributed by atoms with Crippen LogP contribution in [0.3, 0.4) is 0 Å². The number of nitrogens with one attached hydrogen (secondary N) is 1. The molecule has 3 rings (SSSR count). The van der Waals surface area contributed by atoms with Gasteiger partial charge in [-0.2, -0.15) is 0 Å². The van der Waals surface area contributed by atoms with Crippen LogP contribution < -0.4 is 5.32 Å². The van der Waals surface area contributed by atoms with Crippen LogP contribution in [0.15, 0.2) is 30.3 Å². The van der Waals surface area contributed by atoms with Crippen molar-refractivity contribution in [2.75, 3.05) is 14.1 Å². The van der Waals surface area contributed by atoms with Crippen LogP contribution in [0.2, 0.25) is 0 Å². The van der Waals surface area contributed by atoms with Crippen LogP contribution in [0.25, 0.3) is 0 Å². The van der Waals surface area contributed by atoms with E-state index in [0.717, 1.165) is 38.5 Å². The van der Waals surface area contributed by atoms with Gasteiger partial charge in [-0.1, -0.05) is 44.2 Å². The van der Waals surface area contributed by atoms with Crippen molar-refractivity contribution >= 4 is 11.7 Å². The summed E-state index contributed by atoms with van der Waals surface area (Å²) in [4.78, 5) is 26.8. The molecule has 2 fully saturated rings. The summed E-state index contributed by atoms with van der Waals surface area (Å²) in [5.41, 5.74) is 1.51. The fourth-order valence-corrected chi connectivity index (χ4v) is 5.62. The Kier molecular flexibility index (Phi) is 6.52. The predicted octanol–water partition coefficient (Wildman–Crippen LogP) is 4.23. The van der Waals surface area contributed by atoms with Crippen molar-refractivity contribution in [3.63, 3.8) is 0 Å². The minimum absolute atomic E-state index is 0.0501. The van der Waals surface area contributed by atoms with Crippen molar-refractivity contribution in [2.24, 2.45) is 17.3 Å². The topological polar surface area (TPSA) is 49.4 Å². The first-order valence-corrected chi connectivity index (χ1v) is 11.2. The maximum absolute atomic E-state index is 12.7. The number of rotatable bonds is 7. The van der Waals surface area contributed by atoms with E-state index in [1.807, 2.05) is 0 Å². The number of carbonyl (C=O) groups excluding carboxylic acids is 2. The van der Waals surface area contributed by atoms with Gasteiger partial charge in [0.1, 0.15) is 5.78 Å². The fraction of sp³-hybridized carbons (Fsp3) is 0.680. The van der Waals surface area contributed by atoms with E-state index in [1.54, 1.807) is 6.92 Å². The molecule has 2 unspecified atom stereocenters. The fourth-order valence-electron chi connectivity index (χ4n) is 5.62. The highest BCUT2D eigenvalue weighted by Crippen LogP contribution is 2.53. The molecule has 0 aliphatic heterocycles. The highest BCUT2D eigenvalue weighted by atomic mass is 16.1. The minimum atomic E-state index is -0.0501. The van der Waals surface area contributed by atoms with Gasteiger partial charge in [0.2, 0.25) is 5.91 Å². The Labute approximate surface area is 176 Å². The number of carbonyl (C=O) groups is 2. The molecule has 0 saturated heterocycles. The second-order valence-corrected chi connectivity index (χ2v) is 10.2. The molecule has 4 nitrogen and oxygen atoms in total. The Hall–Kier alpha value is -1.68. The molecule has 1 aromatic rings. The van der Waals surface area contributed by atoms with Crippen LogP contribution in [0.1, 0.15) is 64.9 Å². The monoisotopic (exact) mass is 398 g/mol. The van der Waals surface area contributed by atoms with Gasteiger partial charge in [0.05, 0.1) is 0 Å². The van der Waals surface area contributed by atoms with Crippen LogP contribution in [-0.4, -0.2) is 42.3 Å². The van der Waals surface area contributed by atoms with Crippen molar-refractivity contribution in [1.82, 2.24) is 10.2 Å². The molecule has 0 radical (unpaired) electrons. The van der Waals surface area contributed by atoms with Crippen LogP contribution in [0.5, 0.6) is 0 Å². The average Bonchev–Trinajstić information content (AvgIpc) is 2.67. The van der Waals surface area contributed by atoms with Crippen LogP contribution in [0, 0.1) is 17.3 Å². The third kappa shape index (κ3) is 4.74. The second kappa shape index (κ2) is 8.59. The Morgan fingerprint density at radius 2 is 1.72 bits per heavy atom. The van der Waals surface area contributed by atoms with E-state index in [2.05, 4.69) is 68.5 Å². The number of nitrogens with zero attached hydrogens (tertiary/aromatic N) is 1. The summed E-state index contributed by atoms with van der Waals surface area (Å²) >= 11 is 0. The van der Waals surface area contributed by atoms with E-state index in [0.29, 0.717) is 12.3 Å². The lowest BCUT2D eigenvalue weighted by Crippen LogP contribution is -2.53. The van der Waals surface area contributed by atoms with Crippen molar-refractivity contribution in [2.45, 2.75) is 77.3 Å². The molecule has 1 N–H and O–H groups in total. The normalized spacial score (nSPS) is 31.2. The largest absolute Gasteiger partial charge is 0.353 e. The molecule has 0 heterocycles. The minimum Gasteiger partial charge on any atom is -0.353 e. The molecule has 2 aliphatic carbocycles. The van der Waals surface area contributed by atoms with Gasteiger partial charge in [-0.05, 0) is 76.4 Å². The molecule has 2 atom stereocenters. The van der Waals surface area contributed by atoms with Crippen molar-refractivity contribution in [3.8, 4) is 0 Å². The lowest BCUT2D eigenvalue weighted by Gasteiger charge is -2.51. The second-order valence-electron chi connectivity index (χ2n) is 10.2. The zero-order chi connectivity index (χ0) is 21.2. The van der Waals surface area contributed by atoms with E-state index >= 15 is 0 Å². The zero-order valence-electron chi connectivity index (χ0n) is 18.8. The number of hydrogen-bond acceptors (Lipinski definition) is 3. The van der Waals surface area contributed by atoms with E-state index in [4.69, 9.17) is 0 Å². The molecule has 1 aromatic carbocycles. The van der Waals surface area contributed by atoms with Crippen molar-refractivity contribution in [1.29, 1.82) is 0 Å². The van der Waals surface area contributed by atoms with Gasteiger partial charge in [-0.15, -0.1) is 0 Å². The Bertz CT molecular complexity index is 718. The predicted molar refractivity (Wildman–Crippen MR) is 118 cm³/mol. The summed E-state index contributed by atoms with van der Waals surface area (Å²) in [7, 11) is 4.37. The van der Waals surface area contributed by atoms with Crippen molar-refractivity contribution in [3.05, 3.63) is 35.9 Å². The summed E-state index contributed by atoms with van der Waals surface area (Å²) in [6.45, 7) is 5.95. The standard InChI is InChI=1S/C25H38N2O2/c1-18(28)22-15-20(24(22,2)3)16-23(29)26-21-11-13-25(14-12-21,27(4)5)17-19-9-7-6-8-10-19/h6-10,20-22H,11-17H2,1-5H3,(H,26,29). The quantitative estimate of drug-likeness (QED) is 0.748. The van der Waals surface area contributed by atoms with Gasteiger partial charge in [0, 0.05) is 23.9 Å². The molecule has 0 aromatic heterocycles. The molecule has 0 bridgehead atoms. The molecule has 4 heteroatoms. The summed E-state index contributed by atoms with van der Waals surface area (Å²) in [6.07, 6.45) is 6.73. The third-order valence-corrected chi connectivity index (χ3v) is 8.00. The van der Waals surface area contributed by atoms with Gasteiger partial charge in [0.25, 0.3) is 0 Å². The zero-order valence-corrected chi connectivity index (χ0v) is 18.8. The van der Waals surface area contributed by atoms with Crippen LogP contribution >= 0.6 is 0 Å². The third-order valence-electron chi connectivity index (χ3n) is 8.00. The molecule has 1 amide bonds. The van der Waals surface area contributed by atoms with E-state index < -0.39 is 0 Å². The summed E-state index contributed by atoms with van der Waals surface area (Å²) in [6, 6.07) is 11.0. The molecule has 160 valence electrons. The van der Waals surface area contributed by atoms with Gasteiger partial charge < -0.3 is 10.2 Å². The maximum atomic E-state index is 12.7. The summed E-state index contributed by atoms with van der Waals surface area (Å²) in [5.74, 6) is 0.862. The van der Waals surface area contributed by atoms with Gasteiger partial charge in [-0.3, -0.25) is 9.59 Å². The number of ketones is 1. The van der Waals surface area contributed by atoms with Gasteiger partial charge in [0.15, 0.2) is 0 Å². The van der Waals surface area contributed by atoms with Crippen LogP contribution in [-0.2, 0) is 16.0 Å². The molecule has 29 heavy (non-hydrogen) atoms. The van der Waals surface area contributed by atoms with E-state index in [9.17, 15) is 9.59 Å². The number of Topliss-reactive ketones (excluding diaryl/α,β-unsaturated/α-hetero) is 1. The number of amides is 1. The Morgan fingerprint density at radius 1 is 1.10 bits per heavy atom. The lowest BCUT2D eigenvalue weighted by molar-refractivity contribution is -0.141. The summed E-state index contributed by atoms with van der Waals surface area (Å²) in [5, 5.41) is 3.30. The molecule has 2 saturated carbocycles. The first-order valence-electron chi connectivity index (χ1n) is 11.2. The Balaban J connectivity index is 1.51. The maximum Gasteiger partial charge on any atom is 0.220 e. The van der Waals surface area contributed by atoms with Gasteiger partial charge >= 0.3 is 0 Å². The number of benzene rings is 1. The molecular formula is C25H38N2O2. The lowest BCUT2D eigenvalue weighted by atomic mass is 9.52.